The van der Waals surface area contributed by atoms with Crippen LogP contribution < -0.4 is 19.8 Å². The minimum Gasteiger partial charge on any atom is -0.378 e. The van der Waals surface area contributed by atoms with E-state index in [2.05, 4.69) is 41.3 Å². The molecule has 0 saturated carbocycles. The third-order valence-electron chi connectivity index (χ3n) is 6.78. The average molecular weight is 498 g/mol. The van der Waals surface area contributed by atoms with Gasteiger partial charge in [-0.25, -0.2) is 4.99 Å². The van der Waals surface area contributed by atoms with Gasteiger partial charge in [0.05, 0.1) is 16.3 Å². The fourth-order valence-corrected chi connectivity index (χ4v) is 6.26. The van der Waals surface area contributed by atoms with Crippen LogP contribution in [0.3, 0.4) is 0 Å². The predicted octanol–water partition coefficient (Wildman–Crippen LogP) is 5.04. The fourth-order valence-electron chi connectivity index (χ4n) is 5.02. The van der Waals surface area contributed by atoms with Gasteiger partial charge in [0.25, 0.3) is 5.56 Å². The first-order valence-corrected chi connectivity index (χ1v) is 12.9. The van der Waals surface area contributed by atoms with Crippen molar-refractivity contribution in [2.45, 2.75) is 18.9 Å². The first-order valence-electron chi connectivity index (χ1n) is 11.7. The Morgan fingerprint density at radius 3 is 2.51 bits per heavy atom. The molecule has 1 aliphatic heterocycles. The zero-order valence-corrected chi connectivity index (χ0v) is 21.1. The summed E-state index contributed by atoms with van der Waals surface area (Å²) in [7, 11) is 4.03. The molecule has 174 valence electrons. The van der Waals surface area contributed by atoms with Crippen molar-refractivity contribution in [2.75, 3.05) is 19.0 Å². The maximum absolute atomic E-state index is 13.8. The van der Waals surface area contributed by atoms with Crippen LogP contribution in [0.4, 0.5) is 5.69 Å². The number of thiazole rings is 1. The van der Waals surface area contributed by atoms with Crippen molar-refractivity contribution >= 4 is 40.4 Å². The maximum Gasteiger partial charge on any atom is 0.271 e. The number of fused-ring (bicyclic) bond motifs is 3. The van der Waals surface area contributed by atoms with E-state index in [-0.39, 0.29) is 11.6 Å². The number of nitrogens with zero attached hydrogens (tertiary/aromatic N) is 3. The second-order valence-electron chi connectivity index (χ2n) is 9.12. The lowest BCUT2D eigenvalue weighted by Gasteiger charge is -2.31. The number of hydrogen-bond donors (Lipinski definition) is 0. The quantitative estimate of drug-likeness (QED) is 0.398. The lowest BCUT2D eigenvalue weighted by atomic mass is 9.83. The summed E-state index contributed by atoms with van der Waals surface area (Å²) in [6.45, 7) is 0. The number of allylic oxidation sites excluding steroid dienone is 1. The maximum atomic E-state index is 13.8. The molecule has 0 spiro atoms. The van der Waals surface area contributed by atoms with Crippen LogP contribution >= 0.6 is 22.9 Å². The minimum absolute atomic E-state index is 0.0271. The number of hydrogen-bond acceptors (Lipinski definition) is 4. The molecule has 0 fully saturated rings. The summed E-state index contributed by atoms with van der Waals surface area (Å²) in [5.74, 6) is 0. The molecule has 1 aliphatic carbocycles. The molecule has 6 rings (SSSR count). The summed E-state index contributed by atoms with van der Waals surface area (Å²) in [6, 6.07) is 24.2. The molecule has 0 N–H and O–H groups in total. The molecule has 4 nitrogen and oxygen atoms in total. The van der Waals surface area contributed by atoms with E-state index in [9.17, 15) is 4.79 Å². The highest BCUT2D eigenvalue weighted by molar-refractivity contribution is 7.07. The highest BCUT2D eigenvalue weighted by Crippen LogP contribution is 2.42. The van der Waals surface area contributed by atoms with Crippen molar-refractivity contribution in [3.8, 4) is 0 Å². The van der Waals surface area contributed by atoms with Crippen molar-refractivity contribution in [1.82, 2.24) is 4.57 Å². The van der Waals surface area contributed by atoms with Crippen LogP contribution in [0.25, 0.3) is 11.8 Å². The van der Waals surface area contributed by atoms with Crippen LogP contribution in [0, 0.1) is 0 Å². The molecule has 0 amide bonds. The molecule has 2 aliphatic rings. The Morgan fingerprint density at radius 1 is 1.00 bits per heavy atom. The molecule has 6 heteroatoms. The second kappa shape index (κ2) is 8.67. The highest BCUT2D eigenvalue weighted by Gasteiger charge is 2.33. The van der Waals surface area contributed by atoms with E-state index in [4.69, 9.17) is 16.6 Å². The van der Waals surface area contributed by atoms with E-state index in [0.29, 0.717) is 14.4 Å². The Hall–Kier alpha value is -3.41. The van der Waals surface area contributed by atoms with E-state index >= 15 is 0 Å². The zero-order valence-electron chi connectivity index (χ0n) is 19.5. The minimum atomic E-state index is -0.262. The van der Waals surface area contributed by atoms with Gasteiger partial charge in [0.15, 0.2) is 4.80 Å². The van der Waals surface area contributed by atoms with Gasteiger partial charge in [-0.3, -0.25) is 9.36 Å². The van der Waals surface area contributed by atoms with E-state index in [1.54, 1.807) is 0 Å². The Balaban J connectivity index is 1.59. The summed E-state index contributed by atoms with van der Waals surface area (Å²) in [5, 5.41) is 0.666. The lowest BCUT2D eigenvalue weighted by molar-refractivity contribution is 0.585. The molecule has 0 unspecified atom stereocenters. The van der Waals surface area contributed by atoms with Crippen LogP contribution in [-0.2, 0) is 6.42 Å². The van der Waals surface area contributed by atoms with E-state index in [1.165, 1.54) is 16.9 Å². The monoisotopic (exact) mass is 497 g/mol. The van der Waals surface area contributed by atoms with Crippen molar-refractivity contribution in [1.29, 1.82) is 0 Å². The SMILES string of the molecule is CN(C)c1ccc(/C=c2/sc3n(c2=O)[C@@H](c2ccccc2Cl)C2=C(N=3)c3ccccc3CC2)cc1. The van der Waals surface area contributed by atoms with Crippen molar-refractivity contribution in [3.05, 3.63) is 125 Å². The molecular formula is C29H24ClN3OS. The van der Waals surface area contributed by atoms with Crippen LogP contribution in [0.2, 0.25) is 5.02 Å². The molecular weight excluding hydrogens is 474 g/mol. The molecule has 3 aromatic carbocycles. The molecule has 0 saturated heterocycles. The van der Waals surface area contributed by atoms with Gasteiger partial charge in [0.2, 0.25) is 0 Å². The van der Waals surface area contributed by atoms with Crippen LogP contribution in [-0.4, -0.2) is 18.7 Å². The van der Waals surface area contributed by atoms with Gasteiger partial charge in [0, 0.05) is 30.4 Å². The van der Waals surface area contributed by atoms with Gasteiger partial charge in [0.1, 0.15) is 0 Å². The fraction of sp³-hybridized carbons (Fsp3) is 0.172. The smallest absolute Gasteiger partial charge is 0.271 e. The van der Waals surface area contributed by atoms with Gasteiger partial charge in [-0.2, -0.15) is 0 Å². The summed E-state index contributed by atoms with van der Waals surface area (Å²) in [4.78, 5) is 21.7. The zero-order chi connectivity index (χ0) is 24.1. The first-order chi connectivity index (χ1) is 17.0. The van der Waals surface area contributed by atoms with E-state index in [1.807, 2.05) is 61.1 Å². The van der Waals surface area contributed by atoms with Crippen LogP contribution in [0.15, 0.2) is 88.2 Å². The van der Waals surface area contributed by atoms with Gasteiger partial charge in [-0.15, -0.1) is 0 Å². The topological polar surface area (TPSA) is 37.6 Å². The van der Waals surface area contributed by atoms with E-state index < -0.39 is 0 Å². The largest absolute Gasteiger partial charge is 0.378 e. The summed E-state index contributed by atoms with van der Waals surface area (Å²) in [5.41, 5.74) is 7.62. The Morgan fingerprint density at radius 2 is 1.74 bits per heavy atom. The molecule has 0 bridgehead atoms. The standard InChI is InChI=1S/C29H24ClN3OS/c1-32(2)20-14-11-18(12-15-20)17-25-28(34)33-27(22-9-5-6-10-24(22)30)23-16-13-19-7-3-4-8-21(19)26(23)31-29(33)35-25/h3-12,14-15,17,27H,13,16H2,1-2H3/b25-17+/t27-/m0/s1. The third-order valence-corrected chi connectivity index (χ3v) is 8.11. The van der Waals surface area contributed by atoms with Gasteiger partial charge < -0.3 is 4.90 Å². The number of anilines is 1. The molecule has 35 heavy (non-hydrogen) atoms. The van der Waals surface area contributed by atoms with Crippen molar-refractivity contribution < 1.29 is 0 Å². The summed E-state index contributed by atoms with van der Waals surface area (Å²) >= 11 is 8.15. The van der Waals surface area contributed by atoms with Gasteiger partial charge in [-0.1, -0.05) is 77.5 Å². The predicted molar refractivity (Wildman–Crippen MR) is 145 cm³/mol. The van der Waals surface area contributed by atoms with Crippen LogP contribution in [0.1, 0.15) is 34.7 Å². The average Bonchev–Trinajstić information content (AvgIpc) is 3.18. The molecule has 1 atom stereocenters. The van der Waals surface area contributed by atoms with Crippen molar-refractivity contribution in [3.63, 3.8) is 0 Å². The number of aromatic nitrogens is 1. The lowest BCUT2D eigenvalue weighted by Crippen LogP contribution is -2.38. The third kappa shape index (κ3) is 3.76. The number of rotatable bonds is 3. The summed E-state index contributed by atoms with van der Waals surface area (Å²) < 4.78 is 2.52. The molecule has 4 aromatic rings. The number of halogens is 1. The Labute approximate surface area is 212 Å². The van der Waals surface area contributed by atoms with E-state index in [0.717, 1.165) is 46.5 Å². The van der Waals surface area contributed by atoms with Gasteiger partial charge >= 0.3 is 0 Å². The summed E-state index contributed by atoms with van der Waals surface area (Å²) in [6.07, 6.45) is 3.74. The normalized spacial score (nSPS) is 16.9. The number of aryl methyl sites for hydroxylation is 1. The first kappa shape index (κ1) is 22.1. The van der Waals surface area contributed by atoms with Gasteiger partial charge in [-0.05, 0) is 59.4 Å². The molecule has 2 heterocycles. The Kier molecular flexibility index (Phi) is 5.47. The highest BCUT2D eigenvalue weighted by atomic mass is 35.5. The Bertz CT molecular complexity index is 1660. The van der Waals surface area contributed by atoms with Crippen molar-refractivity contribution in [2.24, 2.45) is 4.99 Å². The van der Waals surface area contributed by atoms with Crippen LogP contribution in [0.5, 0.6) is 0 Å². The number of benzene rings is 3. The molecule has 0 radical (unpaired) electrons. The second-order valence-corrected chi connectivity index (χ2v) is 10.5. The molecule has 1 aromatic heterocycles.